The second kappa shape index (κ2) is 4.55. The molecule has 1 N–H and O–H groups in total. The summed E-state index contributed by atoms with van der Waals surface area (Å²) in [7, 11) is 0. The lowest BCUT2D eigenvalue weighted by atomic mass is 9.91. The van der Waals surface area contributed by atoms with Crippen LogP contribution in [-0.2, 0) is 0 Å². The Morgan fingerprint density at radius 2 is 2.07 bits per heavy atom. The molecule has 2 fully saturated rings. The van der Waals surface area contributed by atoms with Gasteiger partial charge in [0.25, 0.3) is 0 Å². The molecule has 0 aromatic rings. The Kier molecular flexibility index (Phi) is 3.35. The third-order valence-corrected chi connectivity index (χ3v) is 4.51. The fourth-order valence-corrected chi connectivity index (χ4v) is 3.71. The van der Waals surface area contributed by atoms with E-state index in [2.05, 4.69) is 11.4 Å². The number of nitrogens with zero attached hydrogens (tertiary/aromatic N) is 1. The average Bonchev–Trinajstić information content (AvgIpc) is 2.69. The Balaban J connectivity index is 1.90. The molecular weight excluding hydrogens is 192 g/mol. The van der Waals surface area contributed by atoms with Crippen LogP contribution in [0.3, 0.4) is 0 Å². The summed E-state index contributed by atoms with van der Waals surface area (Å²) in [4.78, 5) is 0. The molecule has 0 bridgehead atoms. The van der Waals surface area contributed by atoms with Crippen LogP contribution in [0.25, 0.3) is 0 Å². The van der Waals surface area contributed by atoms with Gasteiger partial charge >= 0.3 is 0 Å². The predicted molar refractivity (Wildman–Crippen MR) is 60.3 cm³/mol. The summed E-state index contributed by atoms with van der Waals surface area (Å²) in [5, 5.41) is 12.8. The standard InChI is InChI=1S/C11H18N2S/c12-8-11(6-7-14-9-11)13-10-4-2-1-3-5-10/h10,13H,1-7,9H2. The minimum atomic E-state index is -0.188. The molecule has 1 aliphatic carbocycles. The zero-order valence-corrected chi connectivity index (χ0v) is 9.41. The van der Waals surface area contributed by atoms with Crippen LogP contribution in [0.5, 0.6) is 0 Å². The Morgan fingerprint density at radius 3 is 2.64 bits per heavy atom. The van der Waals surface area contributed by atoms with Crippen LogP contribution in [0, 0.1) is 11.3 Å². The molecule has 14 heavy (non-hydrogen) atoms. The first-order valence-corrected chi connectivity index (χ1v) is 6.77. The molecule has 2 aliphatic rings. The SMILES string of the molecule is N#CC1(NC2CCCCC2)CCSC1. The van der Waals surface area contributed by atoms with E-state index < -0.39 is 0 Å². The number of nitrogens with one attached hydrogen (secondary N) is 1. The van der Waals surface area contributed by atoms with Crippen molar-refractivity contribution in [1.82, 2.24) is 5.32 Å². The van der Waals surface area contributed by atoms with Crippen LogP contribution in [0.4, 0.5) is 0 Å². The first-order chi connectivity index (χ1) is 6.85. The lowest BCUT2D eigenvalue weighted by Gasteiger charge is -2.31. The maximum Gasteiger partial charge on any atom is 0.116 e. The van der Waals surface area contributed by atoms with Crippen molar-refractivity contribution in [3.05, 3.63) is 0 Å². The summed E-state index contributed by atoms with van der Waals surface area (Å²) >= 11 is 1.91. The van der Waals surface area contributed by atoms with Gasteiger partial charge in [-0.1, -0.05) is 19.3 Å². The molecule has 1 saturated heterocycles. The highest BCUT2D eigenvalue weighted by Crippen LogP contribution is 2.29. The van der Waals surface area contributed by atoms with Gasteiger partial charge in [0, 0.05) is 11.8 Å². The fraction of sp³-hybridized carbons (Fsp3) is 0.909. The number of hydrogen-bond donors (Lipinski definition) is 1. The molecule has 0 amide bonds. The summed E-state index contributed by atoms with van der Waals surface area (Å²) in [6.45, 7) is 0. The molecule has 78 valence electrons. The monoisotopic (exact) mass is 210 g/mol. The van der Waals surface area contributed by atoms with Crippen molar-refractivity contribution in [2.75, 3.05) is 11.5 Å². The minimum absolute atomic E-state index is 0.188. The summed E-state index contributed by atoms with van der Waals surface area (Å²) in [6, 6.07) is 3.11. The summed E-state index contributed by atoms with van der Waals surface area (Å²) in [5.74, 6) is 2.13. The largest absolute Gasteiger partial charge is 0.296 e. The second-order valence-electron chi connectivity index (χ2n) is 4.48. The second-order valence-corrected chi connectivity index (χ2v) is 5.58. The number of rotatable bonds is 2. The average molecular weight is 210 g/mol. The molecular formula is C11H18N2S. The van der Waals surface area contributed by atoms with Crippen LogP contribution in [-0.4, -0.2) is 23.1 Å². The van der Waals surface area contributed by atoms with E-state index in [0.29, 0.717) is 6.04 Å². The van der Waals surface area contributed by atoms with Crippen LogP contribution >= 0.6 is 11.8 Å². The molecule has 2 nitrogen and oxygen atoms in total. The quantitative estimate of drug-likeness (QED) is 0.759. The van der Waals surface area contributed by atoms with E-state index in [0.717, 1.165) is 17.9 Å². The van der Waals surface area contributed by atoms with Gasteiger partial charge in [-0.25, -0.2) is 0 Å². The summed E-state index contributed by atoms with van der Waals surface area (Å²) < 4.78 is 0. The van der Waals surface area contributed by atoms with Crippen molar-refractivity contribution in [1.29, 1.82) is 5.26 Å². The third kappa shape index (κ3) is 2.24. The molecule has 1 heterocycles. The Labute approximate surface area is 90.4 Å². The molecule has 1 aliphatic heterocycles. The number of nitriles is 1. The van der Waals surface area contributed by atoms with Crippen LogP contribution < -0.4 is 5.32 Å². The van der Waals surface area contributed by atoms with Gasteiger partial charge in [0.2, 0.25) is 0 Å². The van der Waals surface area contributed by atoms with Crippen molar-refractivity contribution >= 4 is 11.8 Å². The first-order valence-electron chi connectivity index (χ1n) is 5.61. The molecule has 3 heteroatoms. The highest BCUT2D eigenvalue weighted by Gasteiger charge is 2.36. The van der Waals surface area contributed by atoms with E-state index in [1.165, 1.54) is 32.1 Å². The molecule has 1 unspecified atom stereocenters. The van der Waals surface area contributed by atoms with Gasteiger partial charge in [-0.05, 0) is 25.0 Å². The maximum atomic E-state index is 9.22. The molecule has 0 spiro atoms. The van der Waals surface area contributed by atoms with E-state index in [4.69, 9.17) is 0 Å². The Morgan fingerprint density at radius 1 is 1.29 bits per heavy atom. The number of hydrogen-bond acceptors (Lipinski definition) is 3. The molecule has 0 aromatic carbocycles. The Bertz CT molecular complexity index is 222. The third-order valence-electron chi connectivity index (χ3n) is 3.32. The summed E-state index contributed by atoms with van der Waals surface area (Å²) in [6.07, 6.45) is 7.64. The van der Waals surface area contributed by atoms with Crippen LogP contribution in [0.15, 0.2) is 0 Å². The molecule has 1 atom stereocenters. The lowest BCUT2D eigenvalue weighted by molar-refractivity contribution is 0.311. The van der Waals surface area contributed by atoms with E-state index in [1.807, 2.05) is 11.8 Å². The van der Waals surface area contributed by atoms with Gasteiger partial charge in [0.05, 0.1) is 6.07 Å². The highest BCUT2D eigenvalue weighted by molar-refractivity contribution is 7.99. The van der Waals surface area contributed by atoms with E-state index in [-0.39, 0.29) is 5.54 Å². The van der Waals surface area contributed by atoms with Crippen molar-refractivity contribution in [3.63, 3.8) is 0 Å². The highest BCUT2D eigenvalue weighted by atomic mass is 32.2. The van der Waals surface area contributed by atoms with E-state index in [9.17, 15) is 5.26 Å². The molecule has 0 aromatic heterocycles. The zero-order chi connectivity index (χ0) is 9.86. The Hall–Kier alpha value is -0.200. The maximum absolute atomic E-state index is 9.22. The lowest BCUT2D eigenvalue weighted by Crippen LogP contribution is -2.50. The van der Waals surface area contributed by atoms with Gasteiger partial charge in [-0.2, -0.15) is 17.0 Å². The van der Waals surface area contributed by atoms with Crippen molar-refractivity contribution in [2.45, 2.75) is 50.1 Å². The van der Waals surface area contributed by atoms with Crippen molar-refractivity contribution in [3.8, 4) is 6.07 Å². The van der Waals surface area contributed by atoms with Gasteiger partial charge in [-0.3, -0.25) is 5.32 Å². The molecule has 2 rings (SSSR count). The van der Waals surface area contributed by atoms with Gasteiger partial charge in [-0.15, -0.1) is 0 Å². The molecule has 1 saturated carbocycles. The van der Waals surface area contributed by atoms with Gasteiger partial charge < -0.3 is 0 Å². The fourth-order valence-electron chi connectivity index (χ4n) is 2.44. The van der Waals surface area contributed by atoms with Crippen LogP contribution in [0.1, 0.15) is 38.5 Å². The number of thioether (sulfide) groups is 1. The molecule has 0 radical (unpaired) electrons. The van der Waals surface area contributed by atoms with Crippen LogP contribution in [0.2, 0.25) is 0 Å². The van der Waals surface area contributed by atoms with Crippen molar-refractivity contribution < 1.29 is 0 Å². The minimum Gasteiger partial charge on any atom is -0.296 e. The van der Waals surface area contributed by atoms with Gasteiger partial charge in [0.1, 0.15) is 5.54 Å². The van der Waals surface area contributed by atoms with Crippen molar-refractivity contribution in [2.24, 2.45) is 0 Å². The van der Waals surface area contributed by atoms with E-state index >= 15 is 0 Å². The first kappa shape index (κ1) is 10.3. The van der Waals surface area contributed by atoms with Gasteiger partial charge in [0.15, 0.2) is 0 Å². The smallest absolute Gasteiger partial charge is 0.116 e. The van der Waals surface area contributed by atoms with E-state index in [1.54, 1.807) is 0 Å². The topological polar surface area (TPSA) is 35.8 Å². The summed E-state index contributed by atoms with van der Waals surface area (Å²) in [5.41, 5.74) is -0.188. The normalized spacial score (nSPS) is 34.2. The zero-order valence-electron chi connectivity index (χ0n) is 8.59. The predicted octanol–water partition coefficient (Wildman–Crippen LogP) is 2.31.